The third-order valence-corrected chi connectivity index (χ3v) is 3.74. The molecule has 3 nitrogen and oxygen atoms in total. The van der Waals surface area contributed by atoms with Gasteiger partial charge in [0.15, 0.2) is 6.10 Å². The molecule has 0 radical (unpaired) electrons. The van der Waals surface area contributed by atoms with Crippen molar-refractivity contribution in [1.29, 1.82) is 0 Å². The van der Waals surface area contributed by atoms with E-state index in [0.717, 1.165) is 5.56 Å². The predicted molar refractivity (Wildman–Crippen MR) is 89.4 cm³/mol. The average Bonchev–Trinajstić information content (AvgIpc) is 2.53. The lowest BCUT2D eigenvalue weighted by molar-refractivity contribution is -0.128. The Morgan fingerprint density at radius 1 is 1.22 bits per heavy atom. The van der Waals surface area contributed by atoms with Gasteiger partial charge in [0.05, 0.1) is 5.02 Å². The van der Waals surface area contributed by atoms with Gasteiger partial charge in [-0.25, -0.2) is 4.39 Å². The number of amides is 1. The van der Waals surface area contributed by atoms with Crippen LogP contribution < -0.4 is 10.1 Å². The molecule has 0 aliphatic heterocycles. The van der Waals surface area contributed by atoms with Gasteiger partial charge in [-0.3, -0.25) is 4.79 Å². The number of carbonyl (C=O) groups is 1. The Morgan fingerprint density at radius 2 is 1.91 bits per heavy atom. The molecule has 1 N–H and O–H groups in total. The summed E-state index contributed by atoms with van der Waals surface area (Å²) in [5.74, 6) is -0.171. The summed E-state index contributed by atoms with van der Waals surface area (Å²) in [6.45, 7) is 2.14. The van der Waals surface area contributed by atoms with Gasteiger partial charge < -0.3 is 10.1 Å². The summed E-state index contributed by atoms with van der Waals surface area (Å²) in [5, 5.41) is 3.61. The SMILES string of the molecule is CC[C@@H](Oc1ccc(Cl)cc1Cl)C(=O)NCc1ccc(F)cc1. The summed E-state index contributed by atoms with van der Waals surface area (Å²) >= 11 is 11.9. The van der Waals surface area contributed by atoms with Gasteiger partial charge >= 0.3 is 0 Å². The molecule has 2 aromatic rings. The summed E-state index contributed by atoms with van der Waals surface area (Å²) in [4.78, 5) is 12.2. The number of ether oxygens (including phenoxy) is 1. The van der Waals surface area contributed by atoms with Gasteiger partial charge in [-0.15, -0.1) is 0 Å². The lowest BCUT2D eigenvalue weighted by Gasteiger charge is -2.18. The number of nitrogens with one attached hydrogen (secondary N) is 1. The molecule has 1 atom stereocenters. The highest BCUT2D eigenvalue weighted by molar-refractivity contribution is 6.35. The molecule has 122 valence electrons. The Labute approximate surface area is 144 Å². The monoisotopic (exact) mass is 355 g/mol. The number of benzene rings is 2. The predicted octanol–water partition coefficient (Wildman–Crippen LogP) is 4.61. The van der Waals surface area contributed by atoms with Gasteiger partial charge in [0.2, 0.25) is 0 Å². The van der Waals surface area contributed by atoms with Gasteiger partial charge in [-0.1, -0.05) is 42.3 Å². The smallest absolute Gasteiger partial charge is 0.261 e. The maximum absolute atomic E-state index is 12.8. The molecule has 0 unspecified atom stereocenters. The summed E-state index contributed by atoms with van der Waals surface area (Å²) in [5.41, 5.74) is 0.805. The van der Waals surface area contributed by atoms with E-state index in [4.69, 9.17) is 27.9 Å². The van der Waals surface area contributed by atoms with Gasteiger partial charge in [0.1, 0.15) is 11.6 Å². The zero-order chi connectivity index (χ0) is 16.8. The van der Waals surface area contributed by atoms with Crippen molar-refractivity contribution < 1.29 is 13.9 Å². The number of halogens is 3. The minimum atomic E-state index is -0.672. The third-order valence-electron chi connectivity index (χ3n) is 3.21. The Kier molecular flexibility index (Phi) is 6.25. The van der Waals surface area contributed by atoms with Crippen LogP contribution in [0.3, 0.4) is 0 Å². The first-order chi connectivity index (χ1) is 11.0. The molecule has 0 saturated carbocycles. The quantitative estimate of drug-likeness (QED) is 0.821. The van der Waals surface area contributed by atoms with Crippen LogP contribution in [0.2, 0.25) is 10.0 Å². The largest absolute Gasteiger partial charge is 0.479 e. The Morgan fingerprint density at radius 3 is 2.52 bits per heavy atom. The molecular weight excluding hydrogens is 340 g/mol. The highest BCUT2D eigenvalue weighted by Gasteiger charge is 2.19. The molecule has 0 aliphatic carbocycles. The summed E-state index contributed by atoms with van der Waals surface area (Å²) in [6.07, 6.45) is -0.192. The molecule has 0 aliphatic rings. The number of hydrogen-bond acceptors (Lipinski definition) is 2. The van der Waals surface area contributed by atoms with E-state index in [1.807, 2.05) is 6.92 Å². The van der Waals surface area contributed by atoms with Crippen molar-refractivity contribution in [2.24, 2.45) is 0 Å². The van der Waals surface area contributed by atoms with Crippen LogP contribution >= 0.6 is 23.2 Å². The molecule has 0 spiro atoms. The van der Waals surface area contributed by atoms with E-state index in [9.17, 15) is 9.18 Å². The molecule has 6 heteroatoms. The van der Waals surface area contributed by atoms with Gasteiger partial charge in [-0.05, 0) is 42.3 Å². The molecule has 0 fully saturated rings. The first kappa shape index (κ1) is 17.6. The molecule has 0 aromatic heterocycles. The van der Waals surface area contributed by atoms with Gasteiger partial charge in [-0.2, -0.15) is 0 Å². The fourth-order valence-corrected chi connectivity index (χ4v) is 2.40. The Bertz CT molecular complexity index is 677. The highest BCUT2D eigenvalue weighted by atomic mass is 35.5. The van der Waals surface area contributed by atoms with Crippen molar-refractivity contribution in [3.8, 4) is 5.75 Å². The maximum atomic E-state index is 12.8. The van der Waals surface area contributed by atoms with Crippen LogP contribution in [0.4, 0.5) is 4.39 Å². The van der Waals surface area contributed by atoms with Crippen LogP contribution in [0.1, 0.15) is 18.9 Å². The van der Waals surface area contributed by atoms with E-state index >= 15 is 0 Å². The highest BCUT2D eigenvalue weighted by Crippen LogP contribution is 2.28. The van der Waals surface area contributed by atoms with E-state index in [1.165, 1.54) is 12.1 Å². The van der Waals surface area contributed by atoms with Crippen molar-refractivity contribution in [1.82, 2.24) is 5.32 Å². The van der Waals surface area contributed by atoms with Crippen LogP contribution in [-0.4, -0.2) is 12.0 Å². The lowest BCUT2D eigenvalue weighted by atomic mass is 10.2. The second-order valence-corrected chi connectivity index (χ2v) is 5.78. The molecular formula is C17H16Cl2FNO2. The summed E-state index contributed by atoms with van der Waals surface area (Å²) in [6, 6.07) is 10.8. The van der Waals surface area contributed by atoms with Crippen molar-refractivity contribution in [3.63, 3.8) is 0 Å². The fraction of sp³-hybridized carbons (Fsp3) is 0.235. The summed E-state index contributed by atoms with van der Waals surface area (Å²) < 4.78 is 18.5. The molecule has 0 heterocycles. The minimum Gasteiger partial charge on any atom is -0.479 e. The lowest BCUT2D eigenvalue weighted by Crippen LogP contribution is -2.37. The Balaban J connectivity index is 1.96. The Hall–Kier alpha value is -1.78. The van der Waals surface area contributed by atoms with Crippen molar-refractivity contribution in [2.45, 2.75) is 26.0 Å². The van der Waals surface area contributed by atoms with Crippen LogP contribution in [0.25, 0.3) is 0 Å². The van der Waals surface area contributed by atoms with Gasteiger partial charge in [0, 0.05) is 11.6 Å². The fourth-order valence-electron chi connectivity index (χ4n) is 1.95. The minimum absolute atomic E-state index is 0.261. The maximum Gasteiger partial charge on any atom is 0.261 e. The van der Waals surface area contributed by atoms with E-state index in [1.54, 1.807) is 30.3 Å². The number of hydrogen-bond donors (Lipinski definition) is 1. The van der Waals surface area contributed by atoms with E-state index in [-0.39, 0.29) is 11.7 Å². The van der Waals surface area contributed by atoms with E-state index < -0.39 is 6.10 Å². The van der Waals surface area contributed by atoms with E-state index in [2.05, 4.69) is 5.32 Å². The first-order valence-corrected chi connectivity index (χ1v) is 7.89. The first-order valence-electron chi connectivity index (χ1n) is 7.13. The second kappa shape index (κ2) is 8.18. The third kappa shape index (κ3) is 5.12. The standard InChI is InChI=1S/C17H16Cl2FNO2/c1-2-15(23-16-8-5-12(18)9-14(16)19)17(22)21-10-11-3-6-13(20)7-4-11/h3-9,15H,2,10H2,1H3,(H,21,22)/t15-/m1/s1. The van der Waals surface area contributed by atoms with Crippen molar-refractivity contribution >= 4 is 29.1 Å². The molecule has 2 aromatic carbocycles. The van der Waals surface area contributed by atoms with Gasteiger partial charge in [0.25, 0.3) is 5.91 Å². The normalized spacial score (nSPS) is 11.8. The number of rotatable bonds is 6. The molecule has 23 heavy (non-hydrogen) atoms. The van der Waals surface area contributed by atoms with Crippen molar-refractivity contribution in [2.75, 3.05) is 0 Å². The van der Waals surface area contributed by atoms with Crippen LogP contribution in [0.15, 0.2) is 42.5 Å². The topological polar surface area (TPSA) is 38.3 Å². The zero-order valence-electron chi connectivity index (χ0n) is 12.5. The molecule has 2 rings (SSSR count). The number of carbonyl (C=O) groups excluding carboxylic acids is 1. The molecule has 0 saturated heterocycles. The van der Waals surface area contributed by atoms with Crippen LogP contribution in [0, 0.1) is 5.82 Å². The average molecular weight is 356 g/mol. The van der Waals surface area contributed by atoms with E-state index in [0.29, 0.717) is 28.8 Å². The zero-order valence-corrected chi connectivity index (χ0v) is 14.0. The molecule has 0 bridgehead atoms. The summed E-state index contributed by atoms with van der Waals surface area (Å²) in [7, 11) is 0. The van der Waals surface area contributed by atoms with Crippen molar-refractivity contribution in [3.05, 3.63) is 63.9 Å². The van der Waals surface area contributed by atoms with Crippen LogP contribution in [0.5, 0.6) is 5.75 Å². The molecule has 1 amide bonds. The second-order valence-electron chi connectivity index (χ2n) is 4.93. The van der Waals surface area contributed by atoms with Crippen LogP contribution in [-0.2, 0) is 11.3 Å².